The van der Waals surface area contributed by atoms with Crippen LogP contribution in [0.5, 0.6) is 23.0 Å². The molecule has 1 aliphatic rings. The molecule has 0 aromatic heterocycles. The Balaban J connectivity index is 1.38. The zero-order valence-corrected chi connectivity index (χ0v) is 26.0. The van der Waals surface area contributed by atoms with Crippen molar-refractivity contribution in [2.75, 3.05) is 26.9 Å². The van der Waals surface area contributed by atoms with Gasteiger partial charge in [-0.2, -0.15) is 5.10 Å². The number of amides is 2. The summed E-state index contributed by atoms with van der Waals surface area (Å²) >= 11 is 0. The third kappa shape index (κ3) is 8.66. The number of aliphatic hydroxyl groups is 1. The predicted octanol–water partition coefficient (Wildman–Crippen LogP) is 4.32. The average molecular weight is 637 g/mol. The van der Waals surface area contributed by atoms with Crippen LogP contribution >= 0.6 is 0 Å². The van der Waals surface area contributed by atoms with E-state index in [1.807, 2.05) is 6.92 Å². The Hall–Kier alpha value is -5.30. The fourth-order valence-electron chi connectivity index (χ4n) is 4.58. The van der Waals surface area contributed by atoms with Gasteiger partial charge in [0.1, 0.15) is 19.0 Å². The minimum absolute atomic E-state index is 0.0432. The number of ether oxygens (including phenoxy) is 5. The van der Waals surface area contributed by atoms with Gasteiger partial charge in [-0.1, -0.05) is 24.3 Å². The molecule has 0 bridgehead atoms. The molecule has 46 heavy (non-hydrogen) atoms. The van der Waals surface area contributed by atoms with Crippen LogP contribution in [0, 0.1) is 5.82 Å². The van der Waals surface area contributed by atoms with Gasteiger partial charge in [-0.25, -0.2) is 14.0 Å². The first-order valence-corrected chi connectivity index (χ1v) is 14.6. The van der Waals surface area contributed by atoms with Crippen LogP contribution in [0.25, 0.3) is 0 Å². The van der Waals surface area contributed by atoms with Gasteiger partial charge < -0.3 is 39.4 Å². The third-order valence-corrected chi connectivity index (χ3v) is 6.72. The van der Waals surface area contributed by atoms with E-state index >= 15 is 0 Å². The molecule has 0 saturated carbocycles. The number of halogens is 1. The monoisotopic (exact) mass is 636 g/mol. The average Bonchev–Trinajstić information content (AvgIpc) is 3.04. The van der Waals surface area contributed by atoms with Gasteiger partial charge in [0, 0.05) is 11.3 Å². The van der Waals surface area contributed by atoms with E-state index in [-0.39, 0.29) is 24.6 Å². The van der Waals surface area contributed by atoms with E-state index in [1.54, 1.807) is 68.4 Å². The van der Waals surface area contributed by atoms with Crippen molar-refractivity contribution in [3.63, 3.8) is 0 Å². The molecule has 3 aromatic rings. The van der Waals surface area contributed by atoms with Crippen molar-refractivity contribution in [1.82, 2.24) is 16.1 Å². The number of esters is 1. The highest BCUT2D eigenvalue weighted by Crippen LogP contribution is 2.35. The molecule has 0 spiro atoms. The van der Waals surface area contributed by atoms with Crippen molar-refractivity contribution >= 4 is 18.2 Å². The molecule has 1 aliphatic heterocycles. The first-order valence-electron chi connectivity index (χ1n) is 14.6. The summed E-state index contributed by atoms with van der Waals surface area (Å²) in [6.07, 6.45) is 0.314. The second kappa shape index (κ2) is 16.1. The highest BCUT2D eigenvalue weighted by Gasteiger charge is 2.32. The number of benzene rings is 3. The molecular weight excluding hydrogens is 599 g/mol. The lowest BCUT2D eigenvalue weighted by molar-refractivity contribution is -0.136. The van der Waals surface area contributed by atoms with Crippen LogP contribution in [0.15, 0.2) is 77.0 Å². The summed E-state index contributed by atoms with van der Waals surface area (Å²) in [7, 11) is 1.27. The summed E-state index contributed by atoms with van der Waals surface area (Å²) in [6.45, 7) is 5.84. The van der Waals surface area contributed by atoms with E-state index in [9.17, 15) is 19.1 Å². The lowest BCUT2D eigenvalue weighted by Crippen LogP contribution is -2.45. The number of hydrogen-bond donors (Lipinski definition) is 4. The first-order chi connectivity index (χ1) is 22.2. The summed E-state index contributed by atoms with van der Waals surface area (Å²) in [4.78, 5) is 24.6. The Morgan fingerprint density at radius 3 is 2.41 bits per heavy atom. The van der Waals surface area contributed by atoms with Gasteiger partial charge >= 0.3 is 12.0 Å². The number of allylic oxidation sites excluding steroid dienone is 1. The lowest BCUT2D eigenvalue weighted by atomic mass is 9.95. The number of rotatable bonds is 15. The standard InChI is InChI=1S/C33H37FN4O8/c1-5-43-27-15-21(11-13-25(27)45-18-23-9-7-8-10-24(23)34)17-35-38-29(39)19-46-26-14-12-22(16-28(26)44-6-2)31-30(32(40)42-4)20(3)36-33(41)37-31/h7-17,29,31,38-39H,5-6,18-19H2,1-4H3,(H2,36,37,41)/b35-17-/t29-,31-/m1/s1. The highest BCUT2D eigenvalue weighted by molar-refractivity contribution is 5.95. The Morgan fingerprint density at radius 1 is 1.00 bits per heavy atom. The summed E-state index contributed by atoms with van der Waals surface area (Å²) in [6, 6.07) is 15.3. The van der Waals surface area contributed by atoms with Gasteiger partial charge in [-0.15, -0.1) is 0 Å². The maximum absolute atomic E-state index is 14.0. The van der Waals surface area contributed by atoms with E-state index in [2.05, 4.69) is 21.2 Å². The van der Waals surface area contributed by atoms with E-state index in [0.29, 0.717) is 58.6 Å². The van der Waals surface area contributed by atoms with Crippen molar-refractivity contribution < 1.29 is 42.8 Å². The largest absolute Gasteiger partial charge is 0.490 e. The van der Waals surface area contributed by atoms with Crippen molar-refractivity contribution in [2.45, 2.75) is 39.6 Å². The minimum Gasteiger partial charge on any atom is -0.490 e. The van der Waals surface area contributed by atoms with Gasteiger partial charge in [0.2, 0.25) is 0 Å². The summed E-state index contributed by atoms with van der Waals surface area (Å²) in [5.41, 5.74) is 4.91. The van der Waals surface area contributed by atoms with Crippen LogP contribution in [0.3, 0.4) is 0 Å². The number of methoxy groups -OCH3 is 1. The molecule has 4 rings (SSSR count). The van der Waals surface area contributed by atoms with Crippen molar-refractivity contribution in [1.29, 1.82) is 0 Å². The molecule has 0 saturated heterocycles. The maximum atomic E-state index is 14.0. The molecule has 0 fully saturated rings. The van der Waals surface area contributed by atoms with Crippen LogP contribution in [0.1, 0.15) is 43.5 Å². The Bertz CT molecular complexity index is 1600. The molecule has 0 unspecified atom stereocenters. The number of aliphatic hydroxyl groups excluding tert-OH is 1. The van der Waals surface area contributed by atoms with Crippen molar-refractivity contribution in [3.05, 3.63) is 94.4 Å². The fourth-order valence-corrected chi connectivity index (χ4v) is 4.58. The number of hydrogen-bond acceptors (Lipinski definition) is 10. The predicted molar refractivity (Wildman–Crippen MR) is 167 cm³/mol. The van der Waals surface area contributed by atoms with Crippen molar-refractivity contribution in [3.8, 4) is 23.0 Å². The molecule has 3 aromatic carbocycles. The fraction of sp³-hybridized carbons (Fsp3) is 0.303. The number of urea groups is 1. The number of carbonyl (C=O) groups is 2. The normalized spacial score (nSPS) is 15.1. The Labute approximate surface area is 266 Å². The first kappa shape index (κ1) is 33.6. The minimum atomic E-state index is -1.18. The molecule has 244 valence electrons. The number of nitrogens with one attached hydrogen (secondary N) is 3. The molecule has 2 amide bonds. The SMILES string of the molecule is CCOc1cc(/C=N\N[C@H](O)COc2ccc([C@H]3NC(=O)NC(C)=C3C(=O)OC)cc2OCC)ccc1OCc1ccccc1F. The third-order valence-electron chi connectivity index (χ3n) is 6.72. The molecule has 1 heterocycles. The second-order valence-corrected chi connectivity index (χ2v) is 9.93. The van der Waals surface area contributed by atoms with Crippen LogP contribution in [-0.2, 0) is 16.1 Å². The molecule has 2 atom stereocenters. The maximum Gasteiger partial charge on any atom is 0.337 e. The molecule has 13 heteroatoms. The van der Waals surface area contributed by atoms with Crippen molar-refractivity contribution in [2.24, 2.45) is 5.10 Å². The van der Waals surface area contributed by atoms with Gasteiger partial charge in [0.25, 0.3) is 0 Å². The molecule has 4 N–H and O–H groups in total. The van der Waals surface area contributed by atoms with Gasteiger partial charge in [-0.05, 0) is 68.3 Å². The summed E-state index contributed by atoms with van der Waals surface area (Å²) < 4.78 is 41.9. The van der Waals surface area contributed by atoms with Gasteiger partial charge in [0.15, 0.2) is 29.2 Å². The van der Waals surface area contributed by atoms with E-state index in [1.165, 1.54) is 19.4 Å². The number of hydrazone groups is 1. The van der Waals surface area contributed by atoms with E-state index < -0.39 is 24.3 Å². The van der Waals surface area contributed by atoms with E-state index in [4.69, 9.17) is 23.7 Å². The van der Waals surface area contributed by atoms with Crippen LogP contribution in [-0.4, -0.2) is 56.5 Å². The van der Waals surface area contributed by atoms with Crippen LogP contribution in [0.4, 0.5) is 9.18 Å². The summed E-state index contributed by atoms with van der Waals surface area (Å²) in [5, 5.41) is 19.9. The van der Waals surface area contributed by atoms with Crippen LogP contribution in [0.2, 0.25) is 0 Å². The molecule has 0 aliphatic carbocycles. The zero-order chi connectivity index (χ0) is 33.1. The summed E-state index contributed by atoms with van der Waals surface area (Å²) in [5.74, 6) is 0.676. The van der Waals surface area contributed by atoms with Crippen LogP contribution < -0.4 is 35.0 Å². The zero-order valence-electron chi connectivity index (χ0n) is 26.0. The molecule has 12 nitrogen and oxygen atoms in total. The van der Waals surface area contributed by atoms with E-state index in [0.717, 1.165) is 0 Å². The quantitative estimate of drug-likeness (QED) is 0.0828. The Kier molecular flexibility index (Phi) is 11.8. The lowest BCUT2D eigenvalue weighted by Gasteiger charge is -2.28. The molecular formula is C33H37FN4O8. The van der Waals surface area contributed by atoms with Gasteiger partial charge in [-0.3, -0.25) is 5.43 Å². The number of nitrogens with zero attached hydrogens (tertiary/aromatic N) is 1. The number of carbonyl (C=O) groups excluding carboxylic acids is 2. The topological polar surface area (TPSA) is 149 Å². The van der Waals surface area contributed by atoms with Gasteiger partial charge in [0.05, 0.1) is 38.2 Å². The second-order valence-electron chi connectivity index (χ2n) is 9.93. The Morgan fingerprint density at radius 2 is 1.70 bits per heavy atom. The smallest absolute Gasteiger partial charge is 0.337 e. The highest BCUT2D eigenvalue weighted by atomic mass is 19.1. The molecule has 0 radical (unpaired) electrons.